The van der Waals surface area contributed by atoms with Crippen molar-refractivity contribution in [3.63, 3.8) is 0 Å². The topological polar surface area (TPSA) is 74.7 Å². The normalized spacial score (nSPS) is 15.1. The monoisotopic (exact) mass is 555 g/mol. The number of guanidine groups is 1. The summed E-state index contributed by atoms with van der Waals surface area (Å²) in [5.41, 5.74) is 3.06. The number of nitrogens with one attached hydrogen (secondary N) is 1. The summed E-state index contributed by atoms with van der Waals surface area (Å²) < 4.78 is 7.01. The van der Waals surface area contributed by atoms with Crippen molar-refractivity contribution >= 4 is 41.5 Å². The maximum Gasteiger partial charge on any atom is 0.194 e. The Labute approximate surface area is 204 Å². The Balaban J connectivity index is 0.00000272. The zero-order valence-electron chi connectivity index (χ0n) is 17.7. The number of piperazine rings is 1. The minimum Gasteiger partial charge on any atom is -0.361 e. The number of nitrogens with zero attached hydrogens (tertiary/aromatic N) is 6. The maximum absolute atomic E-state index is 5.96. The Bertz CT molecular complexity index is 993. The maximum atomic E-state index is 5.96. The molecule has 1 aromatic carbocycles. The van der Waals surface area contributed by atoms with E-state index in [0.717, 1.165) is 61.4 Å². The number of aliphatic imine (C=N–C) groups is 1. The molecule has 0 atom stereocenters. The average Bonchev–Trinajstić information content (AvgIpc) is 3.39. The molecule has 3 aromatic rings. The first-order valence-corrected chi connectivity index (χ1v) is 10.4. The van der Waals surface area contributed by atoms with Gasteiger partial charge in [-0.15, -0.1) is 24.0 Å². The van der Waals surface area contributed by atoms with Crippen LogP contribution in [0.1, 0.15) is 17.0 Å². The highest BCUT2D eigenvalue weighted by Gasteiger charge is 2.20. The summed E-state index contributed by atoms with van der Waals surface area (Å²) in [5.74, 6) is 1.76. The van der Waals surface area contributed by atoms with Gasteiger partial charge in [0.05, 0.1) is 17.6 Å². The molecule has 8 nitrogen and oxygen atoms in total. The van der Waals surface area contributed by atoms with Crippen LogP contribution in [0.5, 0.6) is 0 Å². The van der Waals surface area contributed by atoms with Crippen LogP contribution in [0.3, 0.4) is 0 Å². The highest BCUT2D eigenvalue weighted by Crippen LogP contribution is 2.14. The minimum atomic E-state index is 0. The van der Waals surface area contributed by atoms with Gasteiger partial charge in [0.15, 0.2) is 5.96 Å². The Morgan fingerprint density at radius 2 is 1.94 bits per heavy atom. The van der Waals surface area contributed by atoms with Gasteiger partial charge in [-0.2, -0.15) is 5.10 Å². The first-order chi connectivity index (χ1) is 14.6. The number of hydrogen-bond donors (Lipinski definition) is 1. The fraction of sp³-hybridized carbons (Fsp3) is 0.381. The third-order valence-corrected chi connectivity index (χ3v) is 5.38. The molecule has 1 aliphatic heterocycles. The molecule has 0 saturated carbocycles. The largest absolute Gasteiger partial charge is 0.361 e. The van der Waals surface area contributed by atoms with Gasteiger partial charge in [0.1, 0.15) is 5.76 Å². The molecule has 166 valence electrons. The van der Waals surface area contributed by atoms with E-state index >= 15 is 0 Å². The summed E-state index contributed by atoms with van der Waals surface area (Å²) in [4.78, 5) is 9.13. The summed E-state index contributed by atoms with van der Waals surface area (Å²) >= 11 is 5.96. The van der Waals surface area contributed by atoms with E-state index < -0.39 is 0 Å². The van der Waals surface area contributed by atoms with Crippen molar-refractivity contribution in [1.82, 2.24) is 30.1 Å². The first-order valence-electron chi connectivity index (χ1n) is 10.0. The van der Waals surface area contributed by atoms with Gasteiger partial charge in [-0.25, -0.2) is 4.68 Å². The molecule has 0 spiro atoms. The SMILES string of the molecule is CN=C(NCc1cnn(-c2ccc(Cl)cc2)c1)N1CCN(Cc2cc(C)on2)CC1.I. The van der Waals surface area contributed by atoms with Crippen LogP contribution in [-0.2, 0) is 13.1 Å². The summed E-state index contributed by atoms with van der Waals surface area (Å²) in [6, 6.07) is 9.62. The molecule has 0 amide bonds. The van der Waals surface area contributed by atoms with Crippen molar-refractivity contribution < 1.29 is 4.52 Å². The average molecular weight is 556 g/mol. The van der Waals surface area contributed by atoms with Crippen molar-refractivity contribution in [2.45, 2.75) is 20.0 Å². The van der Waals surface area contributed by atoms with Crippen molar-refractivity contribution in [3.05, 3.63) is 64.8 Å². The van der Waals surface area contributed by atoms with Gasteiger partial charge >= 0.3 is 0 Å². The van der Waals surface area contributed by atoms with Gasteiger partial charge in [-0.05, 0) is 31.2 Å². The smallest absolute Gasteiger partial charge is 0.194 e. The first kappa shape index (κ1) is 23.6. The molecule has 3 heterocycles. The predicted molar refractivity (Wildman–Crippen MR) is 132 cm³/mol. The van der Waals surface area contributed by atoms with Gasteiger partial charge in [-0.1, -0.05) is 16.8 Å². The van der Waals surface area contributed by atoms with Crippen molar-refractivity contribution in [1.29, 1.82) is 0 Å². The molecular formula is C21H27ClIN7O. The zero-order valence-corrected chi connectivity index (χ0v) is 20.7. The minimum absolute atomic E-state index is 0. The number of rotatable bonds is 5. The van der Waals surface area contributed by atoms with E-state index in [1.54, 1.807) is 0 Å². The second-order valence-corrected chi connectivity index (χ2v) is 7.80. The van der Waals surface area contributed by atoms with E-state index in [1.165, 1.54) is 0 Å². The van der Waals surface area contributed by atoms with Crippen LogP contribution in [-0.4, -0.2) is 63.9 Å². The molecule has 1 N–H and O–H groups in total. The number of aromatic nitrogens is 3. The second kappa shape index (κ2) is 11.0. The van der Waals surface area contributed by atoms with E-state index in [9.17, 15) is 0 Å². The van der Waals surface area contributed by atoms with E-state index in [0.29, 0.717) is 11.6 Å². The quantitative estimate of drug-likeness (QED) is 0.296. The van der Waals surface area contributed by atoms with Gasteiger partial charge in [0, 0.05) is 69.2 Å². The van der Waals surface area contributed by atoms with E-state index in [-0.39, 0.29) is 24.0 Å². The fourth-order valence-corrected chi connectivity index (χ4v) is 3.67. The molecule has 0 aliphatic carbocycles. The number of hydrogen-bond acceptors (Lipinski definition) is 5. The highest BCUT2D eigenvalue weighted by molar-refractivity contribution is 14.0. The lowest BCUT2D eigenvalue weighted by Crippen LogP contribution is -2.52. The van der Waals surface area contributed by atoms with Crippen LogP contribution in [0.15, 0.2) is 52.2 Å². The molecule has 10 heteroatoms. The van der Waals surface area contributed by atoms with Crippen molar-refractivity contribution in [2.24, 2.45) is 4.99 Å². The van der Waals surface area contributed by atoms with Gasteiger partial charge in [0.25, 0.3) is 0 Å². The van der Waals surface area contributed by atoms with Crippen LogP contribution >= 0.6 is 35.6 Å². The molecule has 1 aliphatic rings. The van der Waals surface area contributed by atoms with Crippen LogP contribution in [0.25, 0.3) is 5.69 Å². The van der Waals surface area contributed by atoms with Gasteiger partial charge in [0.2, 0.25) is 0 Å². The summed E-state index contributed by atoms with van der Waals surface area (Å²) in [6.07, 6.45) is 3.88. The molecule has 1 saturated heterocycles. The lowest BCUT2D eigenvalue weighted by Gasteiger charge is -2.36. The lowest BCUT2D eigenvalue weighted by molar-refractivity contribution is 0.169. The van der Waals surface area contributed by atoms with Crippen LogP contribution in [0.4, 0.5) is 0 Å². The van der Waals surface area contributed by atoms with Crippen LogP contribution in [0.2, 0.25) is 5.02 Å². The third kappa shape index (κ3) is 6.20. The molecule has 1 fully saturated rings. The molecule has 31 heavy (non-hydrogen) atoms. The molecule has 4 rings (SSSR count). The van der Waals surface area contributed by atoms with E-state index in [2.05, 4.69) is 30.4 Å². The Morgan fingerprint density at radius 1 is 1.19 bits per heavy atom. The molecule has 2 aromatic heterocycles. The Hall–Kier alpha value is -2.11. The summed E-state index contributed by atoms with van der Waals surface area (Å²) in [6.45, 7) is 7.16. The number of halogens is 2. The zero-order chi connectivity index (χ0) is 20.9. The fourth-order valence-electron chi connectivity index (χ4n) is 3.54. The lowest BCUT2D eigenvalue weighted by atomic mass is 10.3. The van der Waals surface area contributed by atoms with Crippen LogP contribution < -0.4 is 5.32 Å². The second-order valence-electron chi connectivity index (χ2n) is 7.36. The molecular weight excluding hydrogens is 529 g/mol. The summed E-state index contributed by atoms with van der Waals surface area (Å²) in [7, 11) is 1.82. The predicted octanol–water partition coefficient (Wildman–Crippen LogP) is 3.33. The van der Waals surface area contributed by atoms with E-state index in [1.807, 2.05) is 61.4 Å². The third-order valence-electron chi connectivity index (χ3n) is 5.12. The molecule has 0 unspecified atom stereocenters. The Kier molecular flexibility index (Phi) is 8.33. The number of benzene rings is 1. The number of aryl methyl sites for hydroxylation is 1. The van der Waals surface area contributed by atoms with E-state index in [4.69, 9.17) is 16.1 Å². The van der Waals surface area contributed by atoms with Gasteiger partial charge in [-0.3, -0.25) is 9.89 Å². The highest BCUT2D eigenvalue weighted by atomic mass is 127. The van der Waals surface area contributed by atoms with Gasteiger partial charge < -0.3 is 14.7 Å². The van der Waals surface area contributed by atoms with Crippen molar-refractivity contribution in [2.75, 3.05) is 33.2 Å². The summed E-state index contributed by atoms with van der Waals surface area (Å²) in [5, 5.41) is 12.7. The molecule has 0 radical (unpaired) electrons. The van der Waals surface area contributed by atoms with Crippen LogP contribution in [0, 0.1) is 6.92 Å². The van der Waals surface area contributed by atoms with Crippen molar-refractivity contribution in [3.8, 4) is 5.69 Å². The molecule has 0 bridgehead atoms. The Morgan fingerprint density at radius 3 is 2.58 bits per heavy atom. The standard InChI is InChI=1S/C21H26ClN7O.HI/c1-16-11-19(26-30-16)15-27-7-9-28(10-8-27)21(23-2)24-12-17-13-25-29(14-17)20-5-3-18(22)4-6-20;/h3-6,11,13-14H,7-10,12,15H2,1-2H3,(H,23,24);1H.